The number of ether oxygens (including phenoxy) is 3. The van der Waals surface area contributed by atoms with Gasteiger partial charge in [-0.25, -0.2) is 9.59 Å². The van der Waals surface area contributed by atoms with Gasteiger partial charge in [0.1, 0.15) is 21.6 Å². The van der Waals surface area contributed by atoms with Gasteiger partial charge in [-0.15, -0.1) is 0 Å². The van der Waals surface area contributed by atoms with Crippen LogP contribution in [0.4, 0.5) is 5.69 Å². The molecule has 2 aromatic carbocycles. The average molecular weight is 639 g/mol. The van der Waals surface area contributed by atoms with Crippen LogP contribution in [0.15, 0.2) is 56.5 Å². The van der Waals surface area contributed by atoms with Gasteiger partial charge in [-0.2, -0.15) is 0 Å². The second-order valence-corrected chi connectivity index (χ2v) is 12.9. The lowest BCUT2D eigenvalue weighted by Crippen LogP contribution is -2.60. The van der Waals surface area contributed by atoms with Crippen LogP contribution in [-0.4, -0.2) is 72.3 Å². The van der Waals surface area contributed by atoms with Crippen molar-refractivity contribution in [1.29, 1.82) is 0 Å². The molecule has 0 fully saturated rings. The molecule has 3 heterocycles. The van der Waals surface area contributed by atoms with Crippen LogP contribution >= 0.6 is 35.7 Å². The van der Waals surface area contributed by atoms with Crippen molar-refractivity contribution >= 4 is 81.5 Å². The lowest BCUT2D eigenvalue weighted by Gasteiger charge is -2.46. The van der Waals surface area contributed by atoms with Crippen molar-refractivity contribution in [1.82, 2.24) is 4.90 Å². The van der Waals surface area contributed by atoms with Crippen LogP contribution in [-0.2, 0) is 23.9 Å². The highest BCUT2D eigenvalue weighted by molar-refractivity contribution is 8.29. The maximum atomic E-state index is 14.3. The van der Waals surface area contributed by atoms with Gasteiger partial charge in [0.05, 0.1) is 52.8 Å². The van der Waals surface area contributed by atoms with Gasteiger partial charge in [0.15, 0.2) is 0 Å². The van der Waals surface area contributed by atoms with E-state index in [-0.39, 0.29) is 20.9 Å². The van der Waals surface area contributed by atoms with E-state index in [2.05, 4.69) is 0 Å². The van der Waals surface area contributed by atoms with Gasteiger partial charge in [0.2, 0.25) is 0 Å². The summed E-state index contributed by atoms with van der Waals surface area (Å²) in [7, 11) is 3.93. The first-order valence-electron chi connectivity index (χ1n) is 12.9. The summed E-state index contributed by atoms with van der Waals surface area (Å²) in [6.45, 7) is 5.03. The molecule has 0 saturated heterocycles. The fourth-order valence-corrected chi connectivity index (χ4v) is 8.21. The maximum absolute atomic E-state index is 14.3. The molecule has 0 saturated carbocycles. The van der Waals surface area contributed by atoms with E-state index >= 15 is 0 Å². The fraction of sp³-hybridized carbons (Fsp3) is 0.267. The van der Waals surface area contributed by atoms with E-state index in [1.54, 1.807) is 56.3 Å². The predicted molar refractivity (Wildman–Crippen MR) is 167 cm³/mol. The molecule has 13 heteroatoms. The molecule has 0 spiro atoms. The van der Waals surface area contributed by atoms with Crippen molar-refractivity contribution in [2.24, 2.45) is 0 Å². The van der Waals surface area contributed by atoms with Gasteiger partial charge in [-0.05, 0) is 51.1 Å². The number of imide groups is 1. The number of methoxy groups -OCH3 is 3. The number of rotatable bonds is 5. The van der Waals surface area contributed by atoms with Crippen LogP contribution < -0.4 is 9.64 Å². The highest BCUT2D eigenvalue weighted by atomic mass is 32.2. The molecule has 0 aliphatic carbocycles. The molecule has 222 valence electrons. The second-order valence-electron chi connectivity index (χ2n) is 10.2. The number of benzene rings is 2. The Bertz CT molecular complexity index is 1650. The first-order valence-corrected chi connectivity index (χ1v) is 15.0. The van der Waals surface area contributed by atoms with E-state index in [1.165, 1.54) is 33.2 Å². The summed E-state index contributed by atoms with van der Waals surface area (Å²) >= 11 is 8.09. The summed E-state index contributed by atoms with van der Waals surface area (Å²) in [6.07, 6.45) is 0. The van der Waals surface area contributed by atoms with Gasteiger partial charge >= 0.3 is 11.9 Å². The molecule has 0 radical (unpaired) electrons. The second kappa shape index (κ2) is 11.3. The minimum atomic E-state index is -1.16. The minimum Gasteiger partial charge on any atom is -0.497 e. The zero-order chi connectivity index (χ0) is 31.4. The van der Waals surface area contributed by atoms with Gasteiger partial charge in [-0.3, -0.25) is 24.2 Å². The van der Waals surface area contributed by atoms with Crippen molar-refractivity contribution in [2.75, 3.05) is 26.2 Å². The van der Waals surface area contributed by atoms with Crippen molar-refractivity contribution in [2.45, 2.75) is 32.4 Å². The molecule has 43 heavy (non-hydrogen) atoms. The average Bonchev–Trinajstić information content (AvgIpc) is 3.55. The first-order chi connectivity index (χ1) is 20.4. The number of amides is 3. The van der Waals surface area contributed by atoms with Crippen molar-refractivity contribution < 1.29 is 38.2 Å². The minimum absolute atomic E-state index is 0.0599. The summed E-state index contributed by atoms with van der Waals surface area (Å²) in [4.78, 5) is 68.9. The molecule has 1 unspecified atom stereocenters. The van der Waals surface area contributed by atoms with Gasteiger partial charge in [-0.1, -0.05) is 47.9 Å². The molecule has 0 N–H and O–H groups in total. The van der Waals surface area contributed by atoms with E-state index in [0.717, 1.165) is 28.4 Å². The summed E-state index contributed by atoms with van der Waals surface area (Å²) in [6, 6.07) is 10.4. The topological polar surface area (TPSA) is 120 Å². The number of anilines is 1. The molecule has 0 bridgehead atoms. The Hall–Kier alpha value is -3.94. The van der Waals surface area contributed by atoms with Crippen LogP contribution in [0.2, 0.25) is 0 Å². The molecule has 1 atom stereocenters. The van der Waals surface area contributed by atoms with E-state index in [1.807, 2.05) is 0 Å². The molecular weight excluding hydrogens is 613 g/mol. The molecule has 2 aromatic rings. The number of thiocarbonyl (C=S) groups is 1. The Labute approximate surface area is 261 Å². The summed E-state index contributed by atoms with van der Waals surface area (Å²) < 4.78 is 15.8. The van der Waals surface area contributed by atoms with Gasteiger partial charge in [0.25, 0.3) is 17.7 Å². The zero-order valence-electron chi connectivity index (χ0n) is 24.0. The third kappa shape index (κ3) is 4.75. The van der Waals surface area contributed by atoms with E-state index in [9.17, 15) is 24.0 Å². The van der Waals surface area contributed by atoms with E-state index in [0.29, 0.717) is 31.7 Å². The molecule has 10 nitrogen and oxygen atoms in total. The summed E-state index contributed by atoms with van der Waals surface area (Å²) in [5.74, 6) is -2.55. The van der Waals surface area contributed by atoms with Gasteiger partial charge in [0, 0.05) is 11.1 Å². The Balaban J connectivity index is 1.63. The van der Waals surface area contributed by atoms with Crippen LogP contribution in [0, 0.1) is 0 Å². The molecule has 3 aliphatic heterocycles. The van der Waals surface area contributed by atoms with Crippen molar-refractivity contribution in [3.8, 4) is 5.75 Å². The Morgan fingerprint density at radius 2 is 1.40 bits per heavy atom. The molecule has 5 rings (SSSR count). The molecular formula is C30H26N2O8S3. The highest BCUT2D eigenvalue weighted by Crippen LogP contribution is 2.56. The van der Waals surface area contributed by atoms with Crippen LogP contribution in [0.1, 0.15) is 47.1 Å². The normalized spacial score (nSPS) is 18.0. The standard InChI is InChI=1S/C30H26N2O8S3/c1-14(31-25(34)16-9-7-8-10-17(16)26(31)35)24(33)32-19-12-11-15(38-4)13-18(19)20(23(41)30(32,2)3)29-42-21(27(36)39-5)22(43-29)28(37)40-6/h7-14H,1-6H3. The monoisotopic (exact) mass is 638 g/mol. The number of esters is 2. The van der Waals surface area contributed by atoms with Crippen LogP contribution in [0.3, 0.4) is 0 Å². The lowest BCUT2D eigenvalue weighted by atomic mass is 9.82. The number of nitrogens with zero attached hydrogens (tertiary/aromatic N) is 2. The number of hydrogen-bond acceptors (Lipinski definition) is 11. The molecule has 0 aromatic heterocycles. The maximum Gasteiger partial charge on any atom is 0.346 e. The smallest absolute Gasteiger partial charge is 0.346 e. The van der Waals surface area contributed by atoms with Crippen LogP contribution in [0.25, 0.3) is 5.57 Å². The largest absolute Gasteiger partial charge is 0.497 e. The number of carbonyl (C=O) groups is 5. The Kier molecular flexibility index (Phi) is 8.01. The fourth-order valence-electron chi connectivity index (χ4n) is 5.18. The third-order valence-corrected chi connectivity index (χ3v) is 10.6. The molecule has 3 amide bonds. The van der Waals surface area contributed by atoms with Crippen molar-refractivity contribution in [3.05, 3.63) is 73.2 Å². The number of fused-ring (bicyclic) bond motifs is 2. The highest BCUT2D eigenvalue weighted by Gasteiger charge is 2.50. The molecule has 3 aliphatic rings. The first kappa shape index (κ1) is 30.5. The number of hydrogen-bond donors (Lipinski definition) is 0. The summed E-state index contributed by atoms with van der Waals surface area (Å²) in [5.41, 5.74) is 0.817. The third-order valence-electron chi connectivity index (χ3n) is 7.39. The predicted octanol–water partition coefficient (Wildman–Crippen LogP) is 4.58. The lowest BCUT2D eigenvalue weighted by molar-refractivity contribution is -0.138. The Morgan fingerprint density at radius 1 is 0.860 bits per heavy atom. The van der Waals surface area contributed by atoms with E-state index < -0.39 is 41.2 Å². The zero-order valence-corrected chi connectivity index (χ0v) is 26.5. The summed E-state index contributed by atoms with van der Waals surface area (Å²) in [5, 5.41) is 0. The quantitative estimate of drug-likeness (QED) is 0.198. The number of thioether (sulfide) groups is 2. The van der Waals surface area contributed by atoms with Crippen molar-refractivity contribution in [3.63, 3.8) is 0 Å². The van der Waals surface area contributed by atoms with Crippen LogP contribution in [0.5, 0.6) is 5.75 Å². The SMILES string of the molecule is COC(=O)C1=C(C(=O)OC)SC(=C2C(=S)C(C)(C)N(C(=O)C(C)N3C(=O)c4ccccc4C3=O)c3ccc(OC)cc32)S1. The Morgan fingerprint density at radius 3 is 1.88 bits per heavy atom. The van der Waals surface area contributed by atoms with E-state index in [4.69, 9.17) is 26.4 Å². The van der Waals surface area contributed by atoms with Gasteiger partial charge < -0.3 is 14.2 Å². The number of carbonyl (C=O) groups excluding carboxylic acids is 5.